The highest BCUT2D eigenvalue weighted by Crippen LogP contribution is 2.18. The molecule has 1 rings (SSSR count). The Balaban J connectivity index is 3.08. The van der Waals surface area contributed by atoms with Gasteiger partial charge in [0.25, 0.3) is 11.6 Å². The van der Waals surface area contributed by atoms with Crippen molar-refractivity contribution in [2.75, 3.05) is 0 Å². The van der Waals surface area contributed by atoms with E-state index in [1.165, 1.54) is 24.6 Å². The fourth-order valence-corrected chi connectivity index (χ4v) is 1.61. The molecule has 1 heterocycles. The van der Waals surface area contributed by atoms with Crippen molar-refractivity contribution in [1.29, 1.82) is 0 Å². The number of aromatic nitrogens is 1. The molecule has 0 saturated heterocycles. The maximum atomic E-state index is 12.1. The lowest BCUT2D eigenvalue weighted by atomic mass is 10.1. The average Bonchev–Trinajstić information content (AvgIpc) is 2.73. The number of aryl methyl sites for hydroxylation is 1. The predicted octanol–water partition coefficient (Wildman–Crippen LogP) is 1.40. The van der Waals surface area contributed by atoms with E-state index in [1.807, 2.05) is 6.92 Å². The summed E-state index contributed by atoms with van der Waals surface area (Å²) in [5.74, 6) is -1.84. The average molecular weight is 283 g/mol. The van der Waals surface area contributed by atoms with Gasteiger partial charge in [0, 0.05) is 12.6 Å². The van der Waals surface area contributed by atoms with E-state index in [-0.39, 0.29) is 11.4 Å². The maximum Gasteiger partial charge on any atom is 0.328 e. The minimum absolute atomic E-state index is 0.0767. The number of carbonyl (C=O) groups is 2. The molecule has 0 aliphatic carbocycles. The van der Waals surface area contributed by atoms with Gasteiger partial charge in [-0.1, -0.05) is 6.92 Å². The van der Waals surface area contributed by atoms with Crippen LogP contribution in [0, 0.1) is 10.1 Å². The lowest BCUT2D eigenvalue weighted by Crippen LogP contribution is -2.50. The number of carboxylic acids is 1. The molecule has 0 aliphatic heterocycles. The van der Waals surface area contributed by atoms with Crippen LogP contribution in [0.15, 0.2) is 12.3 Å². The Morgan fingerprint density at radius 2 is 2.10 bits per heavy atom. The van der Waals surface area contributed by atoms with E-state index >= 15 is 0 Å². The van der Waals surface area contributed by atoms with Crippen molar-refractivity contribution < 1.29 is 19.6 Å². The third-order valence-electron chi connectivity index (χ3n) is 2.75. The summed E-state index contributed by atoms with van der Waals surface area (Å²) < 4.78 is 1.45. The van der Waals surface area contributed by atoms with Crippen LogP contribution in [0.1, 0.15) is 37.7 Å². The predicted molar refractivity (Wildman–Crippen MR) is 70.6 cm³/mol. The summed E-state index contributed by atoms with van der Waals surface area (Å²) >= 11 is 0. The molecule has 0 spiro atoms. The Hall–Kier alpha value is -2.38. The standard InChI is InChI=1S/C12H17N3O5/c1-4-5-14-7-8(15(19)20)6-9(14)10(16)13-12(2,3)11(17)18/h6-7H,4-5H2,1-3H3,(H,13,16)(H,17,18). The van der Waals surface area contributed by atoms with E-state index in [2.05, 4.69) is 5.32 Å². The molecular formula is C12H17N3O5. The summed E-state index contributed by atoms with van der Waals surface area (Å²) in [5.41, 5.74) is -1.57. The van der Waals surface area contributed by atoms with Crippen LogP contribution in [-0.4, -0.2) is 32.0 Å². The zero-order chi connectivity index (χ0) is 15.5. The van der Waals surface area contributed by atoms with Gasteiger partial charge in [-0.3, -0.25) is 14.9 Å². The number of amides is 1. The quantitative estimate of drug-likeness (QED) is 0.605. The van der Waals surface area contributed by atoms with Crippen LogP contribution >= 0.6 is 0 Å². The monoisotopic (exact) mass is 283 g/mol. The molecule has 110 valence electrons. The van der Waals surface area contributed by atoms with Crippen molar-refractivity contribution in [3.8, 4) is 0 Å². The third-order valence-corrected chi connectivity index (χ3v) is 2.75. The lowest BCUT2D eigenvalue weighted by Gasteiger charge is -2.21. The SMILES string of the molecule is CCCn1cc([N+](=O)[O-])cc1C(=O)NC(C)(C)C(=O)O. The minimum Gasteiger partial charge on any atom is -0.480 e. The molecule has 0 atom stereocenters. The number of aliphatic carboxylic acids is 1. The normalized spacial score (nSPS) is 11.2. The van der Waals surface area contributed by atoms with Gasteiger partial charge in [-0.25, -0.2) is 4.79 Å². The fourth-order valence-electron chi connectivity index (χ4n) is 1.61. The molecule has 0 bridgehead atoms. The molecule has 0 radical (unpaired) electrons. The molecule has 0 unspecified atom stereocenters. The van der Waals surface area contributed by atoms with Crippen LogP contribution in [0.5, 0.6) is 0 Å². The zero-order valence-electron chi connectivity index (χ0n) is 11.5. The number of nitrogens with one attached hydrogen (secondary N) is 1. The maximum absolute atomic E-state index is 12.1. The smallest absolute Gasteiger partial charge is 0.328 e. The van der Waals surface area contributed by atoms with Crippen LogP contribution in [0.4, 0.5) is 5.69 Å². The second-order valence-electron chi connectivity index (χ2n) is 4.92. The van der Waals surface area contributed by atoms with Crippen molar-refractivity contribution in [3.63, 3.8) is 0 Å². The molecule has 0 saturated carbocycles. The first-order chi connectivity index (χ1) is 9.19. The fraction of sp³-hybridized carbons (Fsp3) is 0.500. The molecule has 20 heavy (non-hydrogen) atoms. The van der Waals surface area contributed by atoms with Crippen molar-refractivity contribution in [2.45, 2.75) is 39.3 Å². The zero-order valence-corrected chi connectivity index (χ0v) is 11.5. The topological polar surface area (TPSA) is 114 Å². The van der Waals surface area contributed by atoms with Gasteiger partial charge in [0.2, 0.25) is 0 Å². The first-order valence-electron chi connectivity index (χ1n) is 6.09. The molecule has 1 aromatic rings. The molecule has 2 N–H and O–H groups in total. The van der Waals surface area contributed by atoms with Crippen molar-refractivity contribution in [3.05, 3.63) is 28.1 Å². The molecule has 0 aromatic carbocycles. The van der Waals surface area contributed by atoms with Crippen LogP contribution < -0.4 is 5.32 Å². The second kappa shape index (κ2) is 5.72. The summed E-state index contributed by atoms with van der Waals surface area (Å²) in [6, 6.07) is 1.14. The molecule has 0 fully saturated rings. The van der Waals surface area contributed by atoms with Crippen LogP contribution in [0.2, 0.25) is 0 Å². The number of carbonyl (C=O) groups excluding carboxylic acids is 1. The molecular weight excluding hydrogens is 266 g/mol. The van der Waals surface area contributed by atoms with E-state index in [4.69, 9.17) is 5.11 Å². The molecule has 8 heteroatoms. The Morgan fingerprint density at radius 1 is 1.50 bits per heavy atom. The Kier molecular flexibility index (Phi) is 4.49. The summed E-state index contributed by atoms with van der Waals surface area (Å²) in [6.45, 7) is 4.99. The minimum atomic E-state index is -1.45. The molecule has 0 aliphatic rings. The van der Waals surface area contributed by atoms with E-state index in [0.717, 1.165) is 6.07 Å². The number of rotatable bonds is 6. The second-order valence-corrected chi connectivity index (χ2v) is 4.92. The first kappa shape index (κ1) is 15.7. The highest BCUT2D eigenvalue weighted by molar-refractivity contribution is 5.97. The Bertz CT molecular complexity index is 547. The van der Waals surface area contributed by atoms with Gasteiger partial charge in [-0.2, -0.15) is 0 Å². The number of hydrogen-bond acceptors (Lipinski definition) is 4. The van der Waals surface area contributed by atoms with Gasteiger partial charge in [-0.05, 0) is 20.3 Å². The van der Waals surface area contributed by atoms with Crippen molar-refractivity contribution >= 4 is 17.6 Å². The summed E-state index contributed by atoms with van der Waals surface area (Å²) in [6.07, 6.45) is 1.96. The summed E-state index contributed by atoms with van der Waals surface area (Å²) in [5, 5.41) is 22.1. The highest BCUT2D eigenvalue weighted by Gasteiger charge is 2.31. The molecule has 1 amide bonds. The van der Waals surface area contributed by atoms with Gasteiger partial charge in [0.1, 0.15) is 11.2 Å². The molecule has 8 nitrogen and oxygen atoms in total. The van der Waals surface area contributed by atoms with Crippen molar-refractivity contribution in [1.82, 2.24) is 9.88 Å². The third kappa shape index (κ3) is 3.34. The Labute approximate surface area is 115 Å². The summed E-state index contributed by atoms with van der Waals surface area (Å²) in [4.78, 5) is 33.2. The van der Waals surface area contributed by atoms with Gasteiger partial charge >= 0.3 is 5.97 Å². The van der Waals surface area contributed by atoms with E-state index in [1.54, 1.807) is 0 Å². The Morgan fingerprint density at radius 3 is 2.55 bits per heavy atom. The van der Waals surface area contributed by atoms with E-state index < -0.39 is 22.3 Å². The largest absolute Gasteiger partial charge is 0.480 e. The van der Waals surface area contributed by atoms with Gasteiger partial charge < -0.3 is 15.0 Å². The van der Waals surface area contributed by atoms with E-state index in [9.17, 15) is 19.7 Å². The van der Waals surface area contributed by atoms with Gasteiger partial charge in [0.05, 0.1) is 11.1 Å². The summed E-state index contributed by atoms with van der Waals surface area (Å²) in [7, 11) is 0. The number of hydrogen-bond donors (Lipinski definition) is 2. The van der Waals surface area contributed by atoms with Crippen LogP contribution in [0.25, 0.3) is 0 Å². The first-order valence-corrected chi connectivity index (χ1v) is 6.09. The number of nitro groups is 1. The van der Waals surface area contributed by atoms with Crippen LogP contribution in [-0.2, 0) is 11.3 Å². The number of carboxylic acid groups (broad SMARTS) is 1. The highest BCUT2D eigenvalue weighted by atomic mass is 16.6. The van der Waals surface area contributed by atoms with E-state index in [0.29, 0.717) is 13.0 Å². The number of nitrogens with zero attached hydrogens (tertiary/aromatic N) is 2. The lowest BCUT2D eigenvalue weighted by molar-refractivity contribution is -0.384. The van der Waals surface area contributed by atoms with Gasteiger partial charge in [0.15, 0.2) is 0 Å². The van der Waals surface area contributed by atoms with Gasteiger partial charge in [-0.15, -0.1) is 0 Å². The molecule has 1 aromatic heterocycles. The van der Waals surface area contributed by atoms with Crippen LogP contribution in [0.3, 0.4) is 0 Å². The van der Waals surface area contributed by atoms with Crippen molar-refractivity contribution in [2.24, 2.45) is 0 Å².